The smallest absolute Gasteiger partial charge is 0.306 e. The van der Waals surface area contributed by atoms with Crippen LogP contribution in [-0.2, 0) is 11.3 Å². The van der Waals surface area contributed by atoms with Gasteiger partial charge in [-0.15, -0.1) is 0 Å². The van der Waals surface area contributed by atoms with Crippen molar-refractivity contribution in [2.75, 3.05) is 26.2 Å². The number of nitrogens with zero attached hydrogens (tertiary/aromatic N) is 2. The van der Waals surface area contributed by atoms with Gasteiger partial charge in [0.05, 0.1) is 5.92 Å². The third-order valence-corrected chi connectivity index (χ3v) is 4.78. The zero-order valence-electron chi connectivity index (χ0n) is 12.9. The van der Waals surface area contributed by atoms with Crippen molar-refractivity contribution in [1.29, 1.82) is 0 Å². The maximum Gasteiger partial charge on any atom is 0.306 e. The van der Waals surface area contributed by atoms with E-state index < -0.39 is 5.97 Å². The number of piperazine rings is 1. The quantitative estimate of drug-likeness (QED) is 0.866. The molecule has 0 unspecified atom stereocenters. The molecule has 1 aliphatic heterocycles. The van der Waals surface area contributed by atoms with Crippen LogP contribution in [0.15, 0.2) is 42.5 Å². The van der Waals surface area contributed by atoms with Crippen molar-refractivity contribution in [3.8, 4) is 0 Å². The molecule has 118 valence electrons. The molecule has 0 aromatic heterocycles. The molecule has 22 heavy (non-hydrogen) atoms. The highest BCUT2D eigenvalue weighted by Crippen LogP contribution is 2.24. The average Bonchev–Trinajstić information content (AvgIpc) is 2.56. The Labute approximate surface area is 132 Å². The Morgan fingerprint density at radius 3 is 2.55 bits per heavy atom. The summed E-state index contributed by atoms with van der Waals surface area (Å²) in [5, 5.41) is 9.20. The first-order valence-electron chi connectivity index (χ1n) is 8.12. The minimum Gasteiger partial charge on any atom is -0.481 e. The monoisotopic (exact) mass is 300 g/mol. The number of aliphatic carboxylic acids is 1. The summed E-state index contributed by atoms with van der Waals surface area (Å²) in [5.41, 5.74) is 1.36. The molecule has 0 radical (unpaired) electrons. The van der Waals surface area contributed by atoms with Crippen molar-refractivity contribution in [1.82, 2.24) is 9.80 Å². The van der Waals surface area contributed by atoms with E-state index in [4.69, 9.17) is 0 Å². The molecule has 3 rings (SSSR count). The van der Waals surface area contributed by atoms with E-state index in [1.807, 2.05) is 6.08 Å². The highest BCUT2D eigenvalue weighted by atomic mass is 16.4. The maximum atomic E-state index is 11.2. The molecule has 1 N–H and O–H groups in total. The van der Waals surface area contributed by atoms with E-state index in [2.05, 4.69) is 46.2 Å². The largest absolute Gasteiger partial charge is 0.481 e. The SMILES string of the molecule is O=C(O)[C@H]1CC=C[C@@H](N2CCN(Cc3ccccc3)CC2)C1. The van der Waals surface area contributed by atoms with E-state index in [1.54, 1.807) is 0 Å². The van der Waals surface area contributed by atoms with Gasteiger partial charge < -0.3 is 5.11 Å². The normalized spacial score (nSPS) is 26.9. The van der Waals surface area contributed by atoms with E-state index in [1.165, 1.54) is 5.56 Å². The fourth-order valence-corrected chi connectivity index (χ4v) is 3.43. The van der Waals surface area contributed by atoms with Crippen LogP contribution in [0.2, 0.25) is 0 Å². The minimum atomic E-state index is -0.655. The molecule has 1 aliphatic carbocycles. The number of carboxylic acid groups (broad SMARTS) is 1. The van der Waals surface area contributed by atoms with Gasteiger partial charge in [0.2, 0.25) is 0 Å². The molecule has 0 spiro atoms. The summed E-state index contributed by atoms with van der Waals surface area (Å²) in [5.74, 6) is -0.866. The number of carbonyl (C=O) groups is 1. The molecule has 4 nitrogen and oxygen atoms in total. The van der Waals surface area contributed by atoms with Crippen LogP contribution in [0.3, 0.4) is 0 Å². The molecular weight excluding hydrogens is 276 g/mol. The summed E-state index contributed by atoms with van der Waals surface area (Å²) in [6, 6.07) is 10.9. The molecule has 0 bridgehead atoms. The lowest BCUT2D eigenvalue weighted by atomic mass is 9.90. The van der Waals surface area contributed by atoms with Gasteiger partial charge in [-0.3, -0.25) is 14.6 Å². The van der Waals surface area contributed by atoms with Gasteiger partial charge in [0.25, 0.3) is 0 Å². The lowest BCUT2D eigenvalue weighted by molar-refractivity contribution is -0.142. The van der Waals surface area contributed by atoms with Gasteiger partial charge >= 0.3 is 5.97 Å². The van der Waals surface area contributed by atoms with E-state index in [-0.39, 0.29) is 5.92 Å². The predicted octanol–water partition coefficient (Wildman–Crippen LogP) is 2.22. The topological polar surface area (TPSA) is 43.8 Å². The van der Waals surface area contributed by atoms with Crippen LogP contribution in [0.1, 0.15) is 18.4 Å². The first-order chi connectivity index (χ1) is 10.7. The Bertz CT molecular complexity index is 521. The Kier molecular flexibility index (Phi) is 4.90. The summed E-state index contributed by atoms with van der Waals surface area (Å²) >= 11 is 0. The van der Waals surface area contributed by atoms with Crippen molar-refractivity contribution in [2.45, 2.75) is 25.4 Å². The van der Waals surface area contributed by atoms with Crippen LogP contribution >= 0.6 is 0 Å². The van der Waals surface area contributed by atoms with Crippen molar-refractivity contribution in [3.05, 3.63) is 48.0 Å². The average molecular weight is 300 g/mol. The second-order valence-electron chi connectivity index (χ2n) is 6.30. The van der Waals surface area contributed by atoms with Gasteiger partial charge in [-0.05, 0) is 18.4 Å². The van der Waals surface area contributed by atoms with Crippen molar-refractivity contribution in [3.63, 3.8) is 0 Å². The lowest BCUT2D eigenvalue weighted by Crippen LogP contribution is -2.50. The summed E-state index contributed by atoms with van der Waals surface area (Å²) in [6.07, 6.45) is 5.68. The first kappa shape index (κ1) is 15.3. The van der Waals surface area contributed by atoms with E-state index in [0.29, 0.717) is 12.5 Å². The predicted molar refractivity (Wildman–Crippen MR) is 86.6 cm³/mol. The molecular formula is C18H24N2O2. The van der Waals surface area contributed by atoms with Crippen molar-refractivity contribution < 1.29 is 9.90 Å². The molecule has 4 heteroatoms. The van der Waals surface area contributed by atoms with Crippen molar-refractivity contribution in [2.24, 2.45) is 5.92 Å². The highest BCUT2D eigenvalue weighted by molar-refractivity contribution is 5.70. The minimum absolute atomic E-state index is 0.211. The molecule has 1 fully saturated rings. The Morgan fingerprint density at radius 1 is 1.14 bits per heavy atom. The molecule has 2 atom stereocenters. The zero-order chi connectivity index (χ0) is 15.4. The van der Waals surface area contributed by atoms with E-state index in [0.717, 1.165) is 39.1 Å². The lowest BCUT2D eigenvalue weighted by Gasteiger charge is -2.40. The molecule has 0 saturated carbocycles. The molecule has 1 saturated heterocycles. The fourth-order valence-electron chi connectivity index (χ4n) is 3.43. The zero-order valence-corrected chi connectivity index (χ0v) is 12.9. The number of carboxylic acids is 1. The number of rotatable bonds is 4. The number of hydrogen-bond donors (Lipinski definition) is 1. The Balaban J connectivity index is 1.50. The van der Waals surface area contributed by atoms with Crippen LogP contribution in [0.5, 0.6) is 0 Å². The van der Waals surface area contributed by atoms with Crippen LogP contribution in [0, 0.1) is 5.92 Å². The Morgan fingerprint density at radius 2 is 1.86 bits per heavy atom. The molecule has 1 aromatic carbocycles. The van der Waals surface area contributed by atoms with Gasteiger partial charge in [-0.25, -0.2) is 0 Å². The fraction of sp³-hybridized carbons (Fsp3) is 0.500. The molecule has 1 heterocycles. The highest BCUT2D eigenvalue weighted by Gasteiger charge is 2.29. The van der Waals surface area contributed by atoms with E-state index in [9.17, 15) is 9.90 Å². The number of hydrogen-bond acceptors (Lipinski definition) is 3. The van der Waals surface area contributed by atoms with Gasteiger partial charge in [-0.2, -0.15) is 0 Å². The third kappa shape index (κ3) is 3.76. The van der Waals surface area contributed by atoms with Crippen LogP contribution < -0.4 is 0 Å². The second kappa shape index (κ2) is 7.07. The summed E-state index contributed by atoms with van der Waals surface area (Å²) < 4.78 is 0. The summed E-state index contributed by atoms with van der Waals surface area (Å²) in [7, 11) is 0. The number of allylic oxidation sites excluding steroid dienone is 1. The second-order valence-corrected chi connectivity index (χ2v) is 6.30. The van der Waals surface area contributed by atoms with E-state index >= 15 is 0 Å². The Hall–Kier alpha value is -1.65. The maximum absolute atomic E-state index is 11.2. The van der Waals surface area contributed by atoms with Crippen LogP contribution in [0.25, 0.3) is 0 Å². The first-order valence-corrected chi connectivity index (χ1v) is 8.12. The van der Waals surface area contributed by atoms with Crippen LogP contribution in [0.4, 0.5) is 0 Å². The standard InChI is InChI=1S/C18H24N2O2/c21-18(22)16-7-4-8-17(13-16)20-11-9-19(10-12-20)14-15-5-2-1-3-6-15/h1-6,8,16-17H,7,9-14H2,(H,21,22)/t16-,17+/m0/s1. The summed E-state index contributed by atoms with van der Waals surface area (Å²) in [6.45, 7) is 5.16. The van der Waals surface area contributed by atoms with Gasteiger partial charge in [0.15, 0.2) is 0 Å². The molecule has 1 aromatic rings. The number of benzene rings is 1. The van der Waals surface area contributed by atoms with Gasteiger partial charge in [-0.1, -0.05) is 42.5 Å². The van der Waals surface area contributed by atoms with Gasteiger partial charge in [0.1, 0.15) is 0 Å². The summed E-state index contributed by atoms with van der Waals surface area (Å²) in [4.78, 5) is 16.1. The molecule has 2 aliphatic rings. The van der Waals surface area contributed by atoms with Gasteiger partial charge in [0, 0.05) is 38.8 Å². The van der Waals surface area contributed by atoms with Crippen molar-refractivity contribution >= 4 is 5.97 Å². The molecule has 0 amide bonds. The third-order valence-electron chi connectivity index (χ3n) is 4.78. The van der Waals surface area contributed by atoms with Crippen LogP contribution in [-0.4, -0.2) is 53.1 Å².